The molecule has 0 fully saturated rings. The Bertz CT molecular complexity index is 1110. The number of amides is 2. The first-order valence-electron chi connectivity index (χ1n) is 8.93. The van der Waals surface area contributed by atoms with Crippen molar-refractivity contribution < 1.29 is 9.59 Å². The zero-order valence-corrected chi connectivity index (χ0v) is 16.4. The second-order valence-electron chi connectivity index (χ2n) is 6.38. The maximum absolute atomic E-state index is 12.4. The summed E-state index contributed by atoms with van der Waals surface area (Å²) in [7, 11) is 0. The first kappa shape index (κ1) is 20.3. The number of aromatic nitrogens is 2. The molecule has 1 heterocycles. The van der Waals surface area contributed by atoms with Crippen LogP contribution in [0.3, 0.4) is 0 Å². The molecule has 1 aromatic heterocycles. The lowest BCUT2D eigenvalue weighted by Gasteiger charge is -2.09. The molecule has 148 valence electrons. The number of hydrogen-bond acceptors (Lipinski definition) is 4. The highest BCUT2D eigenvalue weighted by atomic mass is 35.5. The van der Waals surface area contributed by atoms with Gasteiger partial charge >= 0.3 is 0 Å². The molecule has 0 bridgehead atoms. The Labute approximate surface area is 172 Å². The van der Waals surface area contributed by atoms with Crippen molar-refractivity contribution in [2.75, 3.05) is 10.6 Å². The number of nitrogens with zero attached hydrogens (tertiary/aromatic N) is 2. The molecular formula is C21H19ClN4O3. The minimum Gasteiger partial charge on any atom is -0.325 e. The van der Waals surface area contributed by atoms with Gasteiger partial charge in [0.25, 0.3) is 11.5 Å². The summed E-state index contributed by atoms with van der Waals surface area (Å²) in [4.78, 5) is 36.6. The fraction of sp³-hybridized carbons (Fsp3) is 0.143. The van der Waals surface area contributed by atoms with Crippen molar-refractivity contribution in [2.45, 2.75) is 19.9 Å². The van der Waals surface area contributed by atoms with E-state index in [4.69, 9.17) is 11.6 Å². The Morgan fingerprint density at radius 2 is 1.83 bits per heavy atom. The molecule has 0 spiro atoms. The number of benzene rings is 2. The second-order valence-corrected chi connectivity index (χ2v) is 6.79. The van der Waals surface area contributed by atoms with Crippen molar-refractivity contribution in [2.24, 2.45) is 0 Å². The van der Waals surface area contributed by atoms with Crippen LogP contribution < -0.4 is 16.2 Å². The molecule has 2 aromatic carbocycles. The minimum atomic E-state index is -0.440. The van der Waals surface area contributed by atoms with Crippen LogP contribution >= 0.6 is 11.6 Å². The van der Waals surface area contributed by atoms with E-state index in [1.165, 1.54) is 12.1 Å². The maximum atomic E-state index is 12.4. The van der Waals surface area contributed by atoms with Gasteiger partial charge in [-0.15, -0.1) is 0 Å². The van der Waals surface area contributed by atoms with Gasteiger partial charge < -0.3 is 10.6 Å². The summed E-state index contributed by atoms with van der Waals surface area (Å²) in [5, 5.41) is 9.92. The van der Waals surface area contributed by atoms with E-state index in [-0.39, 0.29) is 24.6 Å². The molecule has 0 aliphatic heterocycles. The summed E-state index contributed by atoms with van der Waals surface area (Å²) in [5.74, 6) is -0.758. The van der Waals surface area contributed by atoms with Crippen molar-refractivity contribution in [3.8, 4) is 0 Å². The van der Waals surface area contributed by atoms with E-state index in [1.807, 2.05) is 25.1 Å². The van der Waals surface area contributed by atoms with Gasteiger partial charge in [-0.05, 0) is 42.8 Å². The van der Waals surface area contributed by atoms with Crippen molar-refractivity contribution in [3.05, 3.63) is 87.3 Å². The summed E-state index contributed by atoms with van der Waals surface area (Å²) in [6.07, 6.45) is 0.00107. The number of nitrogens with one attached hydrogen (secondary N) is 2. The number of carbonyl (C=O) groups is 2. The Balaban J connectivity index is 1.65. The number of hydrogen-bond donors (Lipinski definition) is 2. The quantitative estimate of drug-likeness (QED) is 0.650. The number of carbonyl (C=O) groups excluding carboxylic acids is 2. The molecule has 7 nitrogen and oxygen atoms in total. The second kappa shape index (κ2) is 9.16. The van der Waals surface area contributed by atoms with Gasteiger partial charge in [0.05, 0.1) is 17.3 Å². The summed E-state index contributed by atoms with van der Waals surface area (Å²) in [5.41, 5.74) is 1.81. The zero-order valence-electron chi connectivity index (χ0n) is 15.7. The van der Waals surface area contributed by atoms with Gasteiger partial charge in [-0.1, -0.05) is 35.9 Å². The monoisotopic (exact) mass is 410 g/mol. The molecular weight excluding hydrogens is 392 g/mol. The first-order valence-corrected chi connectivity index (χ1v) is 9.31. The molecule has 3 aromatic rings. The Hall–Kier alpha value is -3.45. The Morgan fingerprint density at radius 1 is 1.03 bits per heavy atom. The topological polar surface area (TPSA) is 93.1 Å². The van der Waals surface area contributed by atoms with Crippen molar-refractivity contribution in [1.29, 1.82) is 0 Å². The van der Waals surface area contributed by atoms with Crippen molar-refractivity contribution in [1.82, 2.24) is 9.78 Å². The van der Waals surface area contributed by atoms with Crippen LogP contribution in [0.5, 0.6) is 0 Å². The van der Waals surface area contributed by atoms with Crippen molar-refractivity contribution in [3.63, 3.8) is 0 Å². The number of anilines is 2. The maximum Gasteiger partial charge on any atom is 0.276 e. The zero-order chi connectivity index (χ0) is 20.8. The predicted octanol–water partition coefficient (Wildman–Crippen LogP) is 3.49. The van der Waals surface area contributed by atoms with Gasteiger partial charge in [-0.2, -0.15) is 5.10 Å². The number of halogens is 1. The van der Waals surface area contributed by atoms with E-state index in [1.54, 1.807) is 30.3 Å². The van der Waals surface area contributed by atoms with Gasteiger partial charge in [0, 0.05) is 18.2 Å². The van der Waals surface area contributed by atoms with Gasteiger partial charge in [0.2, 0.25) is 5.91 Å². The van der Waals surface area contributed by atoms with E-state index in [0.717, 1.165) is 10.2 Å². The number of para-hydroxylation sites is 1. The molecule has 0 aliphatic carbocycles. The Morgan fingerprint density at radius 3 is 2.59 bits per heavy atom. The van der Waals surface area contributed by atoms with Crippen LogP contribution in [0.25, 0.3) is 0 Å². The molecule has 0 radical (unpaired) electrons. The highest BCUT2D eigenvalue weighted by Crippen LogP contribution is 2.20. The van der Waals surface area contributed by atoms with Crippen LogP contribution in [0.4, 0.5) is 11.4 Å². The molecule has 2 N–H and O–H groups in total. The van der Waals surface area contributed by atoms with E-state index >= 15 is 0 Å². The largest absolute Gasteiger partial charge is 0.325 e. The van der Waals surface area contributed by atoms with Crippen LogP contribution in [-0.2, 0) is 11.3 Å². The lowest BCUT2D eigenvalue weighted by molar-refractivity contribution is -0.116. The van der Waals surface area contributed by atoms with Gasteiger partial charge in [0.1, 0.15) is 5.69 Å². The molecule has 0 atom stereocenters. The third-order valence-electron chi connectivity index (χ3n) is 4.07. The van der Waals surface area contributed by atoms with Gasteiger partial charge in [-0.25, -0.2) is 4.68 Å². The predicted molar refractivity (Wildman–Crippen MR) is 112 cm³/mol. The number of rotatable bonds is 6. The van der Waals surface area contributed by atoms with E-state index in [2.05, 4.69) is 15.7 Å². The third-order valence-corrected chi connectivity index (χ3v) is 4.40. The van der Waals surface area contributed by atoms with Crippen molar-refractivity contribution >= 4 is 34.8 Å². The summed E-state index contributed by atoms with van der Waals surface area (Å²) in [6, 6.07) is 16.8. The summed E-state index contributed by atoms with van der Waals surface area (Å²) < 4.78 is 1.09. The highest BCUT2D eigenvalue weighted by molar-refractivity contribution is 6.33. The molecule has 29 heavy (non-hydrogen) atoms. The summed E-state index contributed by atoms with van der Waals surface area (Å²) >= 11 is 6.02. The Kier molecular flexibility index (Phi) is 6.41. The SMILES string of the molecule is Cc1cccc(NC(=O)c2ccc(=O)n(CCC(=O)Nc3ccccc3Cl)n2)c1. The van der Waals surface area contributed by atoms with E-state index < -0.39 is 11.5 Å². The van der Waals surface area contributed by atoms with Crippen LogP contribution in [0.15, 0.2) is 65.5 Å². The van der Waals surface area contributed by atoms with Gasteiger partial charge in [-0.3, -0.25) is 14.4 Å². The lowest BCUT2D eigenvalue weighted by atomic mass is 10.2. The van der Waals surface area contributed by atoms with Crippen LogP contribution in [0.1, 0.15) is 22.5 Å². The average molecular weight is 411 g/mol. The van der Waals surface area contributed by atoms with E-state index in [0.29, 0.717) is 16.4 Å². The lowest BCUT2D eigenvalue weighted by Crippen LogP contribution is -2.28. The van der Waals surface area contributed by atoms with Crippen LogP contribution in [-0.4, -0.2) is 21.6 Å². The highest BCUT2D eigenvalue weighted by Gasteiger charge is 2.12. The summed E-state index contributed by atoms with van der Waals surface area (Å²) in [6.45, 7) is 1.95. The van der Waals surface area contributed by atoms with Gasteiger partial charge in [0.15, 0.2) is 0 Å². The fourth-order valence-corrected chi connectivity index (χ4v) is 2.81. The third kappa shape index (κ3) is 5.52. The van der Waals surface area contributed by atoms with Crippen LogP contribution in [0, 0.1) is 6.92 Å². The molecule has 3 rings (SSSR count). The molecule has 2 amide bonds. The normalized spacial score (nSPS) is 10.4. The molecule has 8 heteroatoms. The number of aryl methyl sites for hydroxylation is 2. The average Bonchev–Trinajstić information content (AvgIpc) is 2.69. The standard InChI is InChI=1S/C21H19ClN4O3/c1-14-5-4-6-15(13-14)23-21(29)18-9-10-20(28)26(25-18)12-11-19(27)24-17-8-3-2-7-16(17)22/h2-10,13H,11-12H2,1H3,(H,23,29)(H,24,27). The van der Waals surface area contributed by atoms with Crippen LogP contribution in [0.2, 0.25) is 5.02 Å². The molecule has 0 unspecified atom stereocenters. The molecule has 0 saturated carbocycles. The minimum absolute atomic E-state index is 0.00107. The molecule has 0 aliphatic rings. The first-order chi connectivity index (χ1) is 13.9. The molecule has 0 saturated heterocycles. The fourth-order valence-electron chi connectivity index (χ4n) is 2.63. The van der Waals surface area contributed by atoms with E-state index in [9.17, 15) is 14.4 Å². The smallest absolute Gasteiger partial charge is 0.276 e.